The van der Waals surface area contributed by atoms with Crippen molar-refractivity contribution < 1.29 is 24.1 Å². The topological polar surface area (TPSA) is 65.0 Å². The van der Waals surface area contributed by atoms with Gasteiger partial charge in [0.25, 0.3) is 0 Å². The molecule has 0 spiro atoms. The standard InChI is InChI=1S/C15H22O5/c1-4-19-15(17)9-11(2)13-6-5-12(10-14(13)16)20-8-7-18-3/h5-6,10-11,16H,4,7-9H2,1-3H3. The molecule has 1 aromatic rings. The van der Waals surface area contributed by atoms with Gasteiger partial charge >= 0.3 is 5.97 Å². The maximum Gasteiger partial charge on any atom is 0.306 e. The van der Waals surface area contributed by atoms with E-state index in [0.29, 0.717) is 31.1 Å². The number of rotatable bonds is 8. The van der Waals surface area contributed by atoms with Crippen molar-refractivity contribution in [2.45, 2.75) is 26.2 Å². The Kier molecular flexibility index (Phi) is 6.87. The number of ether oxygens (including phenoxy) is 3. The van der Waals surface area contributed by atoms with Crippen LogP contribution in [0.2, 0.25) is 0 Å². The summed E-state index contributed by atoms with van der Waals surface area (Å²) in [6.07, 6.45) is 0.241. The molecule has 1 atom stereocenters. The second-order valence-electron chi connectivity index (χ2n) is 4.47. The van der Waals surface area contributed by atoms with Crippen LogP contribution >= 0.6 is 0 Å². The normalized spacial score (nSPS) is 11.9. The van der Waals surface area contributed by atoms with Gasteiger partial charge in [0.05, 0.1) is 19.6 Å². The van der Waals surface area contributed by atoms with Crippen LogP contribution in [0.5, 0.6) is 11.5 Å². The highest BCUT2D eigenvalue weighted by Gasteiger charge is 2.16. The van der Waals surface area contributed by atoms with E-state index < -0.39 is 0 Å². The molecule has 0 amide bonds. The Morgan fingerprint density at radius 1 is 1.35 bits per heavy atom. The Bertz CT molecular complexity index is 430. The first-order valence-electron chi connectivity index (χ1n) is 6.68. The fraction of sp³-hybridized carbons (Fsp3) is 0.533. The number of carbonyl (C=O) groups is 1. The van der Waals surface area contributed by atoms with Crippen molar-refractivity contribution in [1.82, 2.24) is 0 Å². The summed E-state index contributed by atoms with van der Waals surface area (Å²) in [5.74, 6) is 0.324. The minimum Gasteiger partial charge on any atom is -0.508 e. The highest BCUT2D eigenvalue weighted by Crippen LogP contribution is 2.31. The van der Waals surface area contributed by atoms with Crippen LogP contribution < -0.4 is 4.74 Å². The average molecular weight is 282 g/mol. The van der Waals surface area contributed by atoms with E-state index >= 15 is 0 Å². The molecule has 0 bridgehead atoms. The van der Waals surface area contributed by atoms with Crippen molar-refractivity contribution >= 4 is 5.97 Å². The zero-order valence-corrected chi connectivity index (χ0v) is 12.2. The number of hydrogen-bond acceptors (Lipinski definition) is 5. The van der Waals surface area contributed by atoms with Gasteiger partial charge < -0.3 is 19.3 Å². The van der Waals surface area contributed by atoms with Crippen LogP contribution in [-0.2, 0) is 14.3 Å². The van der Waals surface area contributed by atoms with E-state index in [4.69, 9.17) is 14.2 Å². The lowest BCUT2D eigenvalue weighted by Gasteiger charge is -2.14. The largest absolute Gasteiger partial charge is 0.508 e. The first-order chi connectivity index (χ1) is 9.58. The van der Waals surface area contributed by atoms with E-state index in [1.54, 1.807) is 32.2 Å². The molecule has 0 aliphatic heterocycles. The minimum atomic E-state index is -0.264. The van der Waals surface area contributed by atoms with Gasteiger partial charge in [0.2, 0.25) is 0 Å². The zero-order chi connectivity index (χ0) is 15.0. The van der Waals surface area contributed by atoms with E-state index in [1.807, 2.05) is 6.92 Å². The van der Waals surface area contributed by atoms with Crippen LogP contribution in [0.4, 0.5) is 0 Å². The lowest BCUT2D eigenvalue weighted by atomic mass is 9.97. The van der Waals surface area contributed by atoms with Crippen LogP contribution in [0, 0.1) is 0 Å². The maximum absolute atomic E-state index is 11.4. The van der Waals surface area contributed by atoms with E-state index in [2.05, 4.69) is 0 Å². The monoisotopic (exact) mass is 282 g/mol. The predicted molar refractivity (Wildman–Crippen MR) is 75.1 cm³/mol. The Morgan fingerprint density at radius 2 is 2.10 bits per heavy atom. The second-order valence-corrected chi connectivity index (χ2v) is 4.47. The van der Waals surface area contributed by atoms with Crippen LogP contribution in [0.15, 0.2) is 18.2 Å². The average Bonchev–Trinajstić information content (AvgIpc) is 2.39. The molecule has 1 rings (SSSR count). The highest BCUT2D eigenvalue weighted by molar-refractivity contribution is 5.70. The Morgan fingerprint density at radius 3 is 2.70 bits per heavy atom. The zero-order valence-electron chi connectivity index (χ0n) is 12.2. The van der Waals surface area contributed by atoms with Crippen LogP contribution in [0.3, 0.4) is 0 Å². The number of methoxy groups -OCH3 is 1. The third kappa shape index (κ3) is 5.09. The summed E-state index contributed by atoms with van der Waals surface area (Å²) in [6, 6.07) is 5.08. The van der Waals surface area contributed by atoms with Crippen molar-refractivity contribution in [3.8, 4) is 11.5 Å². The summed E-state index contributed by atoms with van der Waals surface area (Å²) >= 11 is 0. The molecule has 0 aromatic heterocycles. The SMILES string of the molecule is CCOC(=O)CC(C)c1ccc(OCCOC)cc1O. The van der Waals surface area contributed by atoms with Gasteiger partial charge in [-0.3, -0.25) is 4.79 Å². The molecule has 0 aliphatic carbocycles. The van der Waals surface area contributed by atoms with Gasteiger partial charge in [-0.25, -0.2) is 0 Å². The molecule has 5 nitrogen and oxygen atoms in total. The van der Waals surface area contributed by atoms with Crippen LogP contribution in [0.1, 0.15) is 31.7 Å². The summed E-state index contributed by atoms with van der Waals surface area (Å²) in [6.45, 7) is 4.92. The molecule has 1 aromatic carbocycles. The van der Waals surface area contributed by atoms with E-state index in [-0.39, 0.29) is 24.1 Å². The summed E-state index contributed by atoms with van der Waals surface area (Å²) in [5, 5.41) is 10.00. The molecule has 20 heavy (non-hydrogen) atoms. The molecule has 0 aliphatic rings. The lowest BCUT2D eigenvalue weighted by molar-refractivity contribution is -0.143. The molecule has 0 fully saturated rings. The molecule has 0 radical (unpaired) electrons. The van der Waals surface area contributed by atoms with E-state index in [9.17, 15) is 9.90 Å². The highest BCUT2D eigenvalue weighted by atomic mass is 16.5. The van der Waals surface area contributed by atoms with Gasteiger partial charge in [0.15, 0.2) is 0 Å². The van der Waals surface area contributed by atoms with Gasteiger partial charge in [-0.1, -0.05) is 13.0 Å². The summed E-state index contributed by atoms with van der Waals surface area (Å²) < 4.78 is 15.2. The number of phenols is 1. The fourth-order valence-electron chi connectivity index (χ4n) is 1.85. The third-order valence-electron chi connectivity index (χ3n) is 2.87. The third-order valence-corrected chi connectivity index (χ3v) is 2.87. The number of hydrogen-bond donors (Lipinski definition) is 1. The Labute approximate surface area is 119 Å². The number of esters is 1. The van der Waals surface area contributed by atoms with Gasteiger partial charge in [-0.15, -0.1) is 0 Å². The molecule has 0 saturated heterocycles. The quantitative estimate of drug-likeness (QED) is 0.586. The number of phenolic OH excluding ortho intramolecular Hbond substituents is 1. The fourth-order valence-corrected chi connectivity index (χ4v) is 1.85. The van der Waals surface area contributed by atoms with Crippen molar-refractivity contribution in [3.05, 3.63) is 23.8 Å². The van der Waals surface area contributed by atoms with Crippen LogP contribution in [0.25, 0.3) is 0 Å². The number of carbonyl (C=O) groups excluding carboxylic acids is 1. The van der Waals surface area contributed by atoms with Crippen molar-refractivity contribution in [1.29, 1.82) is 0 Å². The smallest absolute Gasteiger partial charge is 0.306 e. The molecule has 5 heteroatoms. The molecule has 0 saturated carbocycles. The predicted octanol–water partition coefficient (Wildman–Crippen LogP) is 2.47. The molecular weight excluding hydrogens is 260 g/mol. The lowest BCUT2D eigenvalue weighted by Crippen LogP contribution is -2.08. The minimum absolute atomic E-state index is 0.109. The van der Waals surface area contributed by atoms with Crippen molar-refractivity contribution in [2.75, 3.05) is 26.9 Å². The molecule has 112 valence electrons. The Hall–Kier alpha value is -1.75. The van der Waals surface area contributed by atoms with Gasteiger partial charge in [-0.2, -0.15) is 0 Å². The molecular formula is C15H22O5. The Balaban J connectivity index is 2.64. The summed E-state index contributed by atoms with van der Waals surface area (Å²) in [5.41, 5.74) is 0.706. The maximum atomic E-state index is 11.4. The summed E-state index contributed by atoms with van der Waals surface area (Å²) in [4.78, 5) is 11.4. The van der Waals surface area contributed by atoms with Gasteiger partial charge in [0, 0.05) is 13.2 Å². The first-order valence-corrected chi connectivity index (χ1v) is 6.68. The van der Waals surface area contributed by atoms with E-state index in [0.717, 1.165) is 0 Å². The van der Waals surface area contributed by atoms with Crippen molar-refractivity contribution in [2.24, 2.45) is 0 Å². The second kappa shape index (κ2) is 8.43. The van der Waals surface area contributed by atoms with Crippen molar-refractivity contribution in [3.63, 3.8) is 0 Å². The van der Waals surface area contributed by atoms with Gasteiger partial charge in [-0.05, 0) is 24.5 Å². The van der Waals surface area contributed by atoms with E-state index in [1.165, 1.54) is 0 Å². The van der Waals surface area contributed by atoms with Crippen LogP contribution in [-0.4, -0.2) is 38.0 Å². The number of aromatic hydroxyl groups is 1. The number of benzene rings is 1. The molecule has 1 N–H and O–H groups in total. The molecule has 1 unspecified atom stereocenters. The summed E-state index contributed by atoms with van der Waals surface area (Å²) in [7, 11) is 1.60. The molecule has 0 heterocycles. The first kappa shape index (κ1) is 16.3. The van der Waals surface area contributed by atoms with Gasteiger partial charge in [0.1, 0.15) is 18.1 Å².